The van der Waals surface area contributed by atoms with Gasteiger partial charge in [0.2, 0.25) is 5.91 Å². The molecule has 0 unspecified atom stereocenters. The van der Waals surface area contributed by atoms with Crippen molar-refractivity contribution < 1.29 is 14.8 Å². The topological polar surface area (TPSA) is 91.3 Å². The van der Waals surface area contributed by atoms with Gasteiger partial charge in [0.1, 0.15) is 5.82 Å². The smallest absolute Gasteiger partial charge is 0.243 e. The number of rotatable bonds is 10. The normalized spacial score (nSPS) is 10.3. The monoisotopic (exact) mass is 341 g/mol. The summed E-state index contributed by atoms with van der Waals surface area (Å²) in [5.41, 5.74) is 3.20. The van der Waals surface area contributed by atoms with Gasteiger partial charge in [-0.05, 0) is 49.2 Å². The molecule has 0 saturated carbocycles. The minimum absolute atomic E-state index is 0.123. The number of hydroxylamine groups is 1. The number of amides is 1. The zero-order chi connectivity index (χ0) is 17.9. The minimum Gasteiger partial charge on any atom is -0.340 e. The molecule has 2 aromatic rings. The van der Waals surface area contributed by atoms with Crippen LogP contribution in [0.2, 0.25) is 0 Å². The highest BCUT2D eigenvalue weighted by Gasteiger charge is 2.06. The third kappa shape index (κ3) is 6.73. The molecule has 1 heterocycles. The van der Waals surface area contributed by atoms with Gasteiger partial charge in [0, 0.05) is 30.3 Å². The average Bonchev–Trinajstić information content (AvgIpc) is 2.65. The molecule has 6 nitrogen and oxygen atoms in total. The molecule has 0 spiro atoms. The van der Waals surface area contributed by atoms with Crippen LogP contribution in [-0.4, -0.2) is 21.9 Å². The number of aromatic nitrogens is 1. The minimum atomic E-state index is -0.365. The molecule has 0 aliphatic rings. The highest BCUT2D eigenvalue weighted by atomic mass is 16.5. The SMILES string of the molecule is O=C(CCCCCCC(=O)c1ccc(Nc2ccccn2)cc1)NO. The van der Waals surface area contributed by atoms with Crippen molar-refractivity contribution in [1.29, 1.82) is 0 Å². The van der Waals surface area contributed by atoms with Gasteiger partial charge in [-0.2, -0.15) is 0 Å². The van der Waals surface area contributed by atoms with Gasteiger partial charge in [-0.3, -0.25) is 14.8 Å². The van der Waals surface area contributed by atoms with E-state index >= 15 is 0 Å². The third-order valence-electron chi connectivity index (χ3n) is 3.83. The number of hydrogen-bond acceptors (Lipinski definition) is 5. The highest BCUT2D eigenvalue weighted by molar-refractivity contribution is 5.96. The summed E-state index contributed by atoms with van der Waals surface area (Å²) >= 11 is 0. The zero-order valence-corrected chi connectivity index (χ0v) is 14.1. The molecule has 0 aliphatic carbocycles. The van der Waals surface area contributed by atoms with Crippen LogP contribution in [0.4, 0.5) is 11.5 Å². The van der Waals surface area contributed by atoms with Gasteiger partial charge in [-0.15, -0.1) is 0 Å². The summed E-state index contributed by atoms with van der Waals surface area (Å²) in [6.07, 6.45) is 5.81. The fraction of sp³-hybridized carbons (Fsp3) is 0.316. The molecule has 132 valence electrons. The molecule has 1 amide bonds. The second-order valence-corrected chi connectivity index (χ2v) is 5.79. The molecular weight excluding hydrogens is 318 g/mol. The first kappa shape index (κ1) is 18.6. The lowest BCUT2D eigenvalue weighted by Crippen LogP contribution is -2.17. The Balaban J connectivity index is 1.70. The van der Waals surface area contributed by atoms with Crippen molar-refractivity contribution in [3.63, 3.8) is 0 Å². The number of hydrogen-bond donors (Lipinski definition) is 3. The van der Waals surface area contributed by atoms with E-state index in [1.54, 1.807) is 11.7 Å². The Labute approximate surface area is 147 Å². The van der Waals surface area contributed by atoms with Gasteiger partial charge in [0.15, 0.2) is 5.78 Å². The van der Waals surface area contributed by atoms with Crippen LogP contribution in [0.3, 0.4) is 0 Å². The Morgan fingerprint density at radius 1 is 0.920 bits per heavy atom. The molecule has 0 saturated heterocycles. The van der Waals surface area contributed by atoms with Crippen LogP contribution in [0, 0.1) is 0 Å². The van der Waals surface area contributed by atoms with Gasteiger partial charge in [0.05, 0.1) is 0 Å². The summed E-state index contributed by atoms with van der Waals surface area (Å²) in [4.78, 5) is 27.2. The first-order chi connectivity index (χ1) is 12.2. The van der Waals surface area contributed by atoms with Crippen LogP contribution < -0.4 is 10.8 Å². The van der Waals surface area contributed by atoms with Crippen molar-refractivity contribution in [3.8, 4) is 0 Å². The molecule has 0 fully saturated rings. The first-order valence-corrected chi connectivity index (χ1v) is 8.43. The third-order valence-corrected chi connectivity index (χ3v) is 3.83. The van der Waals surface area contributed by atoms with E-state index < -0.39 is 0 Å². The van der Waals surface area contributed by atoms with E-state index in [0.717, 1.165) is 30.8 Å². The predicted molar refractivity (Wildman–Crippen MR) is 95.9 cm³/mol. The number of ketones is 1. The van der Waals surface area contributed by atoms with Gasteiger partial charge in [-0.25, -0.2) is 10.5 Å². The number of benzene rings is 1. The highest BCUT2D eigenvalue weighted by Crippen LogP contribution is 2.16. The number of carbonyl (C=O) groups excluding carboxylic acids is 2. The lowest BCUT2D eigenvalue weighted by Gasteiger charge is -2.06. The number of carbonyl (C=O) groups is 2. The second-order valence-electron chi connectivity index (χ2n) is 5.79. The van der Waals surface area contributed by atoms with E-state index in [0.29, 0.717) is 24.8 Å². The summed E-state index contributed by atoms with van der Waals surface area (Å²) in [7, 11) is 0. The fourth-order valence-corrected chi connectivity index (χ4v) is 2.45. The standard InChI is InChI=1S/C19H23N3O3/c23-17(7-3-1-2-4-9-19(24)22-25)15-10-12-16(13-11-15)21-18-8-5-6-14-20-18/h5-6,8,10-14,25H,1-4,7,9H2,(H,20,21)(H,22,24). The van der Waals surface area contributed by atoms with Crippen molar-refractivity contribution >= 4 is 23.2 Å². The summed E-state index contributed by atoms with van der Waals surface area (Å²) < 4.78 is 0. The number of anilines is 2. The van der Waals surface area contributed by atoms with Gasteiger partial charge in [-0.1, -0.05) is 18.9 Å². The van der Waals surface area contributed by atoms with Gasteiger partial charge in [0.25, 0.3) is 0 Å². The molecule has 2 rings (SSSR count). The fourth-order valence-electron chi connectivity index (χ4n) is 2.45. The molecular formula is C19H23N3O3. The van der Waals surface area contributed by atoms with E-state index in [1.807, 2.05) is 42.5 Å². The maximum absolute atomic E-state index is 12.2. The Kier molecular flexibility index (Phi) is 7.59. The van der Waals surface area contributed by atoms with Crippen LogP contribution >= 0.6 is 0 Å². The Morgan fingerprint density at radius 3 is 2.28 bits per heavy atom. The van der Waals surface area contributed by atoms with Crippen molar-refractivity contribution in [2.24, 2.45) is 0 Å². The molecule has 3 N–H and O–H groups in total. The van der Waals surface area contributed by atoms with Gasteiger partial charge < -0.3 is 5.32 Å². The van der Waals surface area contributed by atoms with Crippen molar-refractivity contribution in [1.82, 2.24) is 10.5 Å². The summed E-state index contributed by atoms with van der Waals surface area (Å²) in [6, 6.07) is 13.0. The molecule has 1 aromatic heterocycles. The maximum Gasteiger partial charge on any atom is 0.243 e. The molecule has 0 bridgehead atoms. The van der Waals surface area contributed by atoms with Crippen molar-refractivity contribution in [3.05, 3.63) is 54.2 Å². The zero-order valence-electron chi connectivity index (χ0n) is 14.1. The predicted octanol–water partition coefficient (Wildman–Crippen LogP) is 3.85. The Bertz CT molecular complexity index is 672. The summed E-state index contributed by atoms with van der Waals surface area (Å²) in [5, 5.41) is 11.6. The van der Waals surface area contributed by atoms with Crippen molar-refractivity contribution in [2.45, 2.75) is 38.5 Å². The lowest BCUT2D eigenvalue weighted by atomic mass is 10.0. The van der Waals surface area contributed by atoms with Crippen LogP contribution in [0.5, 0.6) is 0 Å². The lowest BCUT2D eigenvalue weighted by molar-refractivity contribution is -0.129. The number of nitrogens with zero attached hydrogens (tertiary/aromatic N) is 1. The largest absolute Gasteiger partial charge is 0.340 e. The van der Waals surface area contributed by atoms with Crippen molar-refractivity contribution in [2.75, 3.05) is 5.32 Å². The average molecular weight is 341 g/mol. The molecule has 6 heteroatoms. The van der Waals surface area contributed by atoms with E-state index in [9.17, 15) is 9.59 Å². The van der Waals surface area contributed by atoms with E-state index in [1.165, 1.54) is 0 Å². The first-order valence-electron chi connectivity index (χ1n) is 8.43. The number of pyridine rings is 1. The Hall–Kier alpha value is -2.73. The second kappa shape index (κ2) is 10.2. The quantitative estimate of drug-likeness (QED) is 0.264. The number of nitrogens with one attached hydrogen (secondary N) is 2. The number of Topliss-reactive ketones (excluding diaryl/α,β-unsaturated/α-hetero) is 1. The van der Waals surface area contributed by atoms with E-state index in [-0.39, 0.29) is 11.7 Å². The molecule has 0 aliphatic heterocycles. The summed E-state index contributed by atoms with van der Waals surface area (Å²) in [6.45, 7) is 0. The molecule has 25 heavy (non-hydrogen) atoms. The maximum atomic E-state index is 12.2. The van der Waals surface area contributed by atoms with Crippen LogP contribution in [0.1, 0.15) is 48.9 Å². The summed E-state index contributed by atoms with van der Waals surface area (Å²) in [5.74, 6) is 0.518. The van der Waals surface area contributed by atoms with Gasteiger partial charge >= 0.3 is 0 Å². The number of unbranched alkanes of at least 4 members (excludes halogenated alkanes) is 3. The van der Waals surface area contributed by atoms with E-state index in [4.69, 9.17) is 5.21 Å². The molecule has 0 radical (unpaired) electrons. The van der Waals surface area contributed by atoms with Crippen LogP contribution in [0.15, 0.2) is 48.7 Å². The van der Waals surface area contributed by atoms with Crippen LogP contribution in [0.25, 0.3) is 0 Å². The van der Waals surface area contributed by atoms with Crippen LogP contribution in [-0.2, 0) is 4.79 Å². The molecule has 1 aromatic carbocycles. The Morgan fingerprint density at radius 2 is 1.64 bits per heavy atom. The van der Waals surface area contributed by atoms with E-state index in [2.05, 4.69) is 10.3 Å². The molecule has 0 atom stereocenters.